The van der Waals surface area contributed by atoms with E-state index in [0.717, 1.165) is 18.6 Å². The summed E-state index contributed by atoms with van der Waals surface area (Å²) in [5.74, 6) is 0. The van der Waals surface area contributed by atoms with E-state index in [-0.39, 0.29) is 0 Å². The molecule has 110 valence electrons. The van der Waals surface area contributed by atoms with Crippen LogP contribution >= 0.6 is 15.8 Å². The van der Waals surface area contributed by atoms with Crippen molar-refractivity contribution in [3.8, 4) is 0 Å². The van der Waals surface area contributed by atoms with Gasteiger partial charge in [0.05, 0.1) is 0 Å². The van der Waals surface area contributed by atoms with Crippen LogP contribution < -0.4 is 0 Å². The first kappa shape index (κ1) is 20.9. The summed E-state index contributed by atoms with van der Waals surface area (Å²) < 4.78 is 0. The predicted octanol–water partition coefficient (Wildman–Crippen LogP) is 5.98. The van der Waals surface area contributed by atoms with Crippen LogP contribution in [0.1, 0.15) is 41.5 Å². The third-order valence-corrected chi connectivity index (χ3v) is 9.34. The maximum atomic E-state index is 2.29. The molecule has 1 aliphatic rings. The summed E-state index contributed by atoms with van der Waals surface area (Å²) in [6.45, 7) is 13.7. The van der Waals surface area contributed by atoms with Crippen molar-refractivity contribution in [1.82, 2.24) is 0 Å². The molecule has 3 heteroatoms. The van der Waals surface area contributed by atoms with Gasteiger partial charge in [0.1, 0.15) is 0 Å². The van der Waals surface area contributed by atoms with Crippen molar-refractivity contribution < 1.29 is 18.6 Å². The first-order valence-corrected chi connectivity index (χ1v) is 14.1. The van der Waals surface area contributed by atoms with Gasteiger partial charge in [-0.1, -0.05) is 41.5 Å². The Morgan fingerprint density at radius 2 is 0.765 bits per heavy atom. The van der Waals surface area contributed by atoms with Gasteiger partial charge < -0.3 is 0 Å². The Morgan fingerprint density at radius 3 is 0.765 bits per heavy atom. The first-order chi connectivity index (χ1) is 8.19. The molecule has 1 aliphatic heterocycles. The molecule has 0 bridgehead atoms. The van der Waals surface area contributed by atoms with E-state index in [4.69, 9.17) is 0 Å². The zero-order valence-corrected chi connectivity index (χ0v) is 16.9. The van der Waals surface area contributed by atoms with Crippen molar-refractivity contribution in [2.24, 2.45) is 0 Å². The molecule has 0 spiro atoms. The number of rotatable bonds is 6. The Kier molecular flexibility index (Phi) is 21.5. The summed E-state index contributed by atoms with van der Waals surface area (Å²) in [7, 11) is 0.892. The van der Waals surface area contributed by atoms with E-state index in [2.05, 4.69) is 41.5 Å². The van der Waals surface area contributed by atoms with Crippen molar-refractivity contribution in [3.05, 3.63) is 0 Å². The van der Waals surface area contributed by atoms with Crippen molar-refractivity contribution in [2.45, 2.75) is 51.2 Å². The molecule has 1 rings (SSSR count). The molecule has 0 aromatic rings. The van der Waals surface area contributed by atoms with Crippen molar-refractivity contribution >= 4 is 15.8 Å². The Balaban J connectivity index is 0. The Labute approximate surface area is 122 Å². The maximum absolute atomic E-state index is 2.29. The summed E-state index contributed by atoms with van der Waals surface area (Å²) in [5, 5.41) is 0. The van der Waals surface area contributed by atoms with Gasteiger partial charge in [0.2, 0.25) is 0 Å². The van der Waals surface area contributed by atoms with Gasteiger partial charge in [-0.3, -0.25) is 0 Å². The molecule has 0 atom stereocenters. The second-order valence-corrected chi connectivity index (χ2v) is 13.6. The fourth-order valence-corrected chi connectivity index (χ4v) is 4.02. The second kappa shape index (κ2) is 17.5. The van der Waals surface area contributed by atoms with Crippen LogP contribution in [0, 0.1) is 0 Å². The molecule has 1 heterocycles. The van der Waals surface area contributed by atoms with Crippen LogP contribution in [-0.4, -0.2) is 37.0 Å². The Hall–Kier alpha value is 1.55. The van der Waals surface area contributed by atoms with Gasteiger partial charge in [0, 0.05) is 0 Å². The fourth-order valence-electron chi connectivity index (χ4n) is 1.34. The predicted molar refractivity (Wildman–Crippen MR) is 86.7 cm³/mol. The molecule has 0 aromatic carbocycles. The van der Waals surface area contributed by atoms with Crippen molar-refractivity contribution in [2.75, 3.05) is 37.0 Å². The van der Waals surface area contributed by atoms with Gasteiger partial charge in [0.25, 0.3) is 0 Å². The molecule has 0 aromatic heterocycles. The van der Waals surface area contributed by atoms with Crippen LogP contribution in [0.3, 0.4) is 0 Å². The summed E-state index contributed by atoms with van der Waals surface area (Å²) in [6, 6.07) is 0. The van der Waals surface area contributed by atoms with E-state index < -0.39 is 0 Å². The van der Waals surface area contributed by atoms with Gasteiger partial charge in [-0.25, -0.2) is 0 Å². The van der Waals surface area contributed by atoms with E-state index in [0.29, 0.717) is 15.8 Å². The van der Waals surface area contributed by atoms with Gasteiger partial charge in [0.15, 0.2) is 0 Å². The van der Waals surface area contributed by atoms with E-state index in [1.165, 1.54) is 37.0 Å². The topological polar surface area (TPSA) is 0 Å². The molecule has 1 saturated heterocycles. The number of hydrogen-bond acceptors (Lipinski definition) is 0. The molecule has 0 radical (unpaired) electrons. The molecule has 0 amide bonds. The van der Waals surface area contributed by atoms with Crippen LogP contribution in [-0.2, 0) is 18.6 Å². The van der Waals surface area contributed by atoms with E-state index >= 15 is 0 Å². The van der Waals surface area contributed by atoms with Gasteiger partial charge in [-0.05, 0) is 37.0 Å². The molecule has 0 nitrogen and oxygen atoms in total. The van der Waals surface area contributed by atoms with Crippen LogP contribution in [0.15, 0.2) is 0 Å². The first-order valence-electron chi connectivity index (χ1n) is 7.09. The van der Waals surface area contributed by atoms with Crippen molar-refractivity contribution in [3.63, 3.8) is 0 Å². The molecule has 0 unspecified atom stereocenters. The summed E-state index contributed by atoms with van der Waals surface area (Å²) >= 11 is 0.833. The minimum absolute atomic E-state index is 0.446. The molecular formula is C14H34P2Pt. The van der Waals surface area contributed by atoms with Gasteiger partial charge in [-0.15, -0.1) is 15.8 Å². The Bertz CT molecular complexity index is 95.6. The average molecular weight is 459 g/mol. The average Bonchev–Trinajstić information content (AvgIpc) is 3.22. The van der Waals surface area contributed by atoms with E-state index in [1.54, 1.807) is 9.62 Å². The summed E-state index contributed by atoms with van der Waals surface area (Å²) in [6.07, 6.45) is 8.51. The van der Waals surface area contributed by atoms with Crippen molar-refractivity contribution in [1.29, 1.82) is 0 Å². The molecule has 0 aliphatic carbocycles. The molecule has 1 fully saturated rings. The third kappa shape index (κ3) is 20.0. The van der Waals surface area contributed by atoms with Crippen LogP contribution in [0.25, 0.3) is 0 Å². The monoisotopic (exact) mass is 459 g/mol. The third-order valence-electron chi connectivity index (χ3n) is 2.84. The van der Waals surface area contributed by atoms with Crippen LogP contribution in [0.5, 0.6) is 0 Å². The fraction of sp³-hybridized carbons (Fsp3) is 1.00. The van der Waals surface area contributed by atoms with Gasteiger partial charge in [-0.2, -0.15) is 0 Å². The molecular weight excluding hydrogens is 425 g/mol. The summed E-state index contributed by atoms with van der Waals surface area (Å²) in [5.41, 5.74) is 0. The molecule has 17 heavy (non-hydrogen) atoms. The normalized spacial score (nSPS) is 13.2. The summed E-state index contributed by atoms with van der Waals surface area (Å²) in [4.78, 5) is 3.22. The molecule has 0 saturated carbocycles. The standard InChI is InChI=1S/2C6H15P.C2H4.Pt/c2*1-4-7(5-2)6-3;1-2;/h2*4-6H2,1-3H3;1-2H2;. The van der Waals surface area contributed by atoms with Crippen LogP contribution in [0.4, 0.5) is 0 Å². The Morgan fingerprint density at radius 1 is 0.588 bits per heavy atom. The van der Waals surface area contributed by atoms with E-state index in [9.17, 15) is 0 Å². The SMILES string of the molecule is CCP(CC)CC.CCP(CC)CC.[CH2]1[CH2][Pt]1. The minimum atomic E-state index is 0.446. The zero-order valence-electron chi connectivity index (χ0n) is 12.9. The molecule has 0 N–H and O–H groups in total. The van der Waals surface area contributed by atoms with E-state index in [1.807, 2.05) is 0 Å². The number of hydrogen-bond donors (Lipinski definition) is 0. The second-order valence-electron chi connectivity index (χ2n) is 3.71. The van der Waals surface area contributed by atoms with Gasteiger partial charge >= 0.3 is 28.2 Å². The van der Waals surface area contributed by atoms with Crippen LogP contribution in [0.2, 0.25) is 9.62 Å². The zero-order chi connectivity index (χ0) is 13.5. The quantitative estimate of drug-likeness (QED) is 0.429.